The van der Waals surface area contributed by atoms with Crippen molar-refractivity contribution in [1.29, 1.82) is 0 Å². The van der Waals surface area contributed by atoms with E-state index in [4.69, 9.17) is 9.47 Å². The molecule has 18 heavy (non-hydrogen) atoms. The van der Waals surface area contributed by atoms with Crippen molar-refractivity contribution in [2.45, 2.75) is 11.6 Å². The lowest BCUT2D eigenvalue weighted by atomic mass is 9.99. The van der Waals surface area contributed by atoms with Gasteiger partial charge in [0.15, 0.2) is 0 Å². The smallest absolute Gasteiger partial charge is 0.295 e. The lowest BCUT2D eigenvalue weighted by molar-refractivity contribution is -0.190. The molecule has 2 unspecified atom stereocenters. The third-order valence-electron chi connectivity index (χ3n) is 2.38. The normalized spacial score (nSPS) is 32.8. The number of hydrogen-bond donors (Lipinski definition) is 2. The predicted molar refractivity (Wildman–Crippen MR) is 58.6 cm³/mol. The van der Waals surface area contributed by atoms with E-state index in [9.17, 15) is 19.8 Å². The van der Waals surface area contributed by atoms with Crippen molar-refractivity contribution in [1.82, 2.24) is 0 Å². The highest BCUT2D eigenvalue weighted by Gasteiger charge is 2.49. The summed E-state index contributed by atoms with van der Waals surface area (Å²) in [6, 6.07) is 0. The van der Waals surface area contributed by atoms with Gasteiger partial charge in [-0.15, -0.1) is 0 Å². The van der Waals surface area contributed by atoms with E-state index in [1.165, 1.54) is 24.3 Å². The number of rotatable bonds is 3. The van der Waals surface area contributed by atoms with Gasteiger partial charge in [-0.05, 0) is 24.3 Å². The van der Waals surface area contributed by atoms with Crippen molar-refractivity contribution in [2.75, 3.05) is 0 Å². The van der Waals surface area contributed by atoms with Gasteiger partial charge in [0, 0.05) is 0 Å². The summed E-state index contributed by atoms with van der Waals surface area (Å²) in [5.41, 5.74) is 0. The van der Waals surface area contributed by atoms with E-state index in [1.54, 1.807) is 0 Å². The van der Waals surface area contributed by atoms with Crippen molar-refractivity contribution in [3.63, 3.8) is 0 Å². The van der Waals surface area contributed by atoms with Gasteiger partial charge >= 0.3 is 0 Å². The monoisotopic (exact) mass is 250 g/mol. The zero-order valence-electron chi connectivity index (χ0n) is 9.15. The van der Waals surface area contributed by atoms with E-state index in [1.807, 2.05) is 0 Å². The van der Waals surface area contributed by atoms with Crippen LogP contribution in [0.2, 0.25) is 0 Å². The molecule has 0 saturated carbocycles. The zero-order chi connectivity index (χ0) is 13.2. The summed E-state index contributed by atoms with van der Waals surface area (Å²) in [5, 5.41) is 19.6. The van der Waals surface area contributed by atoms with Crippen LogP contribution in [0.4, 0.5) is 0 Å². The van der Waals surface area contributed by atoms with Gasteiger partial charge in [-0.3, -0.25) is 9.59 Å². The van der Waals surface area contributed by atoms with Gasteiger partial charge in [-0.1, -0.05) is 12.2 Å². The molecular weight excluding hydrogens is 240 g/mol. The maximum Gasteiger partial charge on any atom is 0.295 e. The molecule has 2 aliphatic heterocycles. The molecule has 0 bridgehead atoms. The van der Waals surface area contributed by atoms with Crippen LogP contribution in [0.1, 0.15) is 0 Å². The van der Waals surface area contributed by atoms with Crippen LogP contribution in [0.15, 0.2) is 49.0 Å². The maximum atomic E-state index is 11.8. The first-order valence-corrected chi connectivity index (χ1v) is 5.06. The van der Waals surface area contributed by atoms with E-state index in [0.717, 1.165) is 24.7 Å². The standard InChI is InChI=1S/C12H10O6/c13-9(11(15)5-1-3-7-17-11)10(14)12(16)6-2-4-8-18-12/h1-8,15-16H. The fourth-order valence-electron chi connectivity index (χ4n) is 1.41. The Bertz CT molecular complexity index is 455. The molecule has 0 aromatic heterocycles. The Balaban J connectivity index is 2.22. The van der Waals surface area contributed by atoms with E-state index in [2.05, 4.69) is 0 Å². The predicted octanol–water partition coefficient (Wildman–Crippen LogP) is -0.298. The lowest BCUT2D eigenvalue weighted by Crippen LogP contribution is -2.52. The number of hydrogen-bond acceptors (Lipinski definition) is 6. The second-order valence-corrected chi connectivity index (χ2v) is 3.66. The number of carbonyl (C=O) groups excluding carboxylic acids is 2. The summed E-state index contributed by atoms with van der Waals surface area (Å²) in [6.07, 6.45) is 9.67. The summed E-state index contributed by atoms with van der Waals surface area (Å²) in [7, 11) is 0. The van der Waals surface area contributed by atoms with Gasteiger partial charge in [0.2, 0.25) is 0 Å². The third kappa shape index (κ3) is 1.99. The van der Waals surface area contributed by atoms with E-state index >= 15 is 0 Å². The van der Waals surface area contributed by atoms with Gasteiger partial charge in [0.05, 0.1) is 12.5 Å². The average molecular weight is 250 g/mol. The number of aliphatic hydroxyl groups is 2. The SMILES string of the molecule is O=C(C(=O)C1(O)C=CC=CO1)C1(O)C=CC=CO1. The molecule has 0 spiro atoms. The van der Waals surface area contributed by atoms with Gasteiger partial charge in [-0.2, -0.15) is 0 Å². The molecule has 0 saturated heterocycles. The topological polar surface area (TPSA) is 93.1 Å². The first-order valence-electron chi connectivity index (χ1n) is 5.06. The number of Topliss-reactive ketones (excluding diaryl/α,β-unsaturated/α-hetero) is 2. The van der Waals surface area contributed by atoms with Gasteiger partial charge in [0.25, 0.3) is 23.1 Å². The summed E-state index contributed by atoms with van der Waals surface area (Å²) in [4.78, 5) is 23.6. The molecular formula is C12H10O6. The maximum absolute atomic E-state index is 11.8. The minimum atomic E-state index is -2.42. The molecule has 2 N–H and O–H groups in total. The third-order valence-corrected chi connectivity index (χ3v) is 2.38. The number of allylic oxidation sites excluding steroid dienone is 4. The molecule has 0 aliphatic carbocycles. The molecule has 2 aliphatic rings. The van der Waals surface area contributed by atoms with Crippen LogP contribution in [0, 0.1) is 0 Å². The fraction of sp³-hybridized carbons (Fsp3) is 0.167. The quantitative estimate of drug-likeness (QED) is 0.668. The molecule has 94 valence electrons. The highest BCUT2D eigenvalue weighted by molar-refractivity contribution is 6.43. The largest absolute Gasteiger partial charge is 0.459 e. The molecule has 6 heteroatoms. The number of ether oxygens (including phenoxy) is 2. The van der Waals surface area contributed by atoms with Crippen LogP contribution in [0.25, 0.3) is 0 Å². The Morgan fingerprint density at radius 3 is 1.44 bits per heavy atom. The Morgan fingerprint density at radius 2 is 1.17 bits per heavy atom. The van der Waals surface area contributed by atoms with Gasteiger partial charge in [-0.25, -0.2) is 0 Å². The van der Waals surface area contributed by atoms with Crippen LogP contribution in [0.5, 0.6) is 0 Å². The molecule has 0 aromatic rings. The Hall–Kier alpha value is -2.18. The summed E-state index contributed by atoms with van der Waals surface area (Å²) in [5.74, 6) is -7.49. The molecule has 0 fully saturated rings. The molecule has 2 rings (SSSR count). The minimum absolute atomic E-state index is 0.999. The van der Waals surface area contributed by atoms with Crippen LogP contribution in [-0.4, -0.2) is 33.4 Å². The fourth-order valence-corrected chi connectivity index (χ4v) is 1.41. The Morgan fingerprint density at radius 1 is 0.778 bits per heavy atom. The minimum Gasteiger partial charge on any atom is -0.459 e. The molecule has 6 nitrogen and oxygen atoms in total. The second kappa shape index (κ2) is 4.25. The first-order chi connectivity index (χ1) is 8.48. The van der Waals surface area contributed by atoms with Crippen LogP contribution in [-0.2, 0) is 19.1 Å². The van der Waals surface area contributed by atoms with Gasteiger partial charge < -0.3 is 19.7 Å². The number of carbonyl (C=O) groups is 2. The van der Waals surface area contributed by atoms with E-state index in [0.29, 0.717) is 0 Å². The summed E-state index contributed by atoms with van der Waals surface area (Å²) < 4.78 is 9.39. The van der Waals surface area contributed by atoms with Crippen molar-refractivity contribution < 1.29 is 29.3 Å². The first kappa shape index (κ1) is 12.3. The van der Waals surface area contributed by atoms with Crippen molar-refractivity contribution in [2.24, 2.45) is 0 Å². The lowest BCUT2D eigenvalue weighted by Gasteiger charge is -2.28. The van der Waals surface area contributed by atoms with Crippen LogP contribution in [0.3, 0.4) is 0 Å². The molecule has 0 aromatic carbocycles. The van der Waals surface area contributed by atoms with E-state index < -0.39 is 23.1 Å². The zero-order valence-corrected chi connectivity index (χ0v) is 9.15. The van der Waals surface area contributed by atoms with E-state index in [-0.39, 0.29) is 0 Å². The van der Waals surface area contributed by atoms with Crippen LogP contribution >= 0.6 is 0 Å². The Kier molecular flexibility index (Phi) is 2.90. The highest BCUT2D eigenvalue weighted by Crippen LogP contribution is 2.22. The average Bonchev–Trinajstić information content (AvgIpc) is 2.39. The van der Waals surface area contributed by atoms with Gasteiger partial charge in [0.1, 0.15) is 0 Å². The molecule has 2 heterocycles. The van der Waals surface area contributed by atoms with Crippen molar-refractivity contribution in [3.05, 3.63) is 49.0 Å². The Labute approximate surface area is 102 Å². The highest BCUT2D eigenvalue weighted by atomic mass is 16.6. The number of ketones is 2. The summed E-state index contributed by atoms with van der Waals surface area (Å²) in [6.45, 7) is 0. The summed E-state index contributed by atoms with van der Waals surface area (Å²) >= 11 is 0. The molecule has 0 amide bonds. The van der Waals surface area contributed by atoms with Crippen LogP contribution < -0.4 is 0 Å². The molecule has 0 radical (unpaired) electrons. The van der Waals surface area contributed by atoms with Crippen molar-refractivity contribution in [3.8, 4) is 0 Å². The van der Waals surface area contributed by atoms with Crippen molar-refractivity contribution >= 4 is 11.6 Å². The second-order valence-electron chi connectivity index (χ2n) is 3.66. The molecule has 2 atom stereocenters.